The number of rotatable bonds is 5. The summed E-state index contributed by atoms with van der Waals surface area (Å²) in [5, 5.41) is 0. The number of thioether (sulfide) groups is 1. The van der Waals surface area contributed by atoms with Crippen LogP contribution in [0.15, 0.2) is 47.6 Å². The van der Waals surface area contributed by atoms with Crippen LogP contribution in [0.3, 0.4) is 0 Å². The van der Waals surface area contributed by atoms with Crippen LogP contribution in [0.2, 0.25) is 0 Å². The van der Waals surface area contributed by atoms with E-state index in [1.165, 1.54) is 14.2 Å². The van der Waals surface area contributed by atoms with E-state index >= 15 is 0 Å². The summed E-state index contributed by atoms with van der Waals surface area (Å²) in [7, 11) is 2.57. The summed E-state index contributed by atoms with van der Waals surface area (Å²) in [4.78, 5) is 24.1. The molecule has 24 heavy (non-hydrogen) atoms. The molecule has 0 saturated carbocycles. The van der Waals surface area contributed by atoms with Crippen molar-refractivity contribution in [3.05, 3.63) is 53.1 Å². The Kier molecular flexibility index (Phi) is 7.12. The molecule has 0 spiro atoms. The number of hydrogen-bond acceptors (Lipinski definition) is 5. The summed E-state index contributed by atoms with van der Waals surface area (Å²) in [6.07, 6.45) is 5.63. The van der Waals surface area contributed by atoms with Crippen LogP contribution in [0.1, 0.15) is 18.4 Å². The molecule has 0 aliphatic carbocycles. The van der Waals surface area contributed by atoms with Crippen LogP contribution < -0.4 is 0 Å². The van der Waals surface area contributed by atoms with Crippen molar-refractivity contribution < 1.29 is 19.1 Å². The molecule has 2 rings (SSSR count). The van der Waals surface area contributed by atoms with E-state index < -0.39 is 11.9 Å². The van der Waals surface area contributed by atoms with Crippen LogP contribution in [-0.4, -0.2) is 37.7 Å². The molecule has 0 amide bonds. The summed E-state index contributed by atoms with van der Waals surface area (Å²) in [5.41, 5.74) is 2.05. The fraction of sp³-hybridized carbons (Fsp3) is 0.368. The summed E-state index contributed by atoms with van der Waals surface area (Å²) in [5.74, 6) is 0.691. The summed E-state index contributed by atoms with van der Waals surface area (Å²) < 4.78 is 9.58. The Labute approximate surface area is 146 Å². The van der Waals surface area contributed by atoms with Crippen LogP contribution in [-0.2, 0) is 19.1 Å². The number of ether oxygens (including phenoxy) is 2. The molecule has 128 valence electrons. The van der Waals surface area contributed by atoms with Crippen LogP contribution >= 0.6 is 11.8 Å². The van der Waals surface area contributed by atoms with Gasteiger partial charge in [-0.25, -0.2) is 9.59 Å². The molecule has 1 atom stereocenters. The minimum Gasteiger partial charge on any atom is -0.465 e. The van der Waals surface area contributed by atoms with E-state index in [-0.39, 0.29) is 11.5 Å². The average molecular weight is 346 g/mol. The Hall–Kier alpha value is -2.01. The van der Waals surface area contributed by atoms with Crippen LogP contribution in [0.4, 0.5) is 0 Å². The highest BCUT2D eigenvalue weighted by atomic mass is 32.2. The first-order chi connectivity index (χ1) is 11.7. The first-order valence-electron chi connectivity index (χ1n) is 7.86. The standard InChI is InChI=1S/C19H22O4S/c1-22-18(20)17(19(21)23-2)16-11-12-24-13-15(16)10-6-9-14-7-4-3-5-8-14/h3-9,15H,10-13H2,1-2H3/b9-6+/t15-/m1/s1. The maximum absolute atomic E-state index is 12.0. The predicted molar refractivity (Wildman–Crippen MR) is 96.6 cm³/mol. The molecule has 1 aromatic rings. The molecule has 0 aromatic heterocycles. The monoisotopic (exact) mass is 346 g/mol. The van der Waals surface area contributed by atoms with E-state index in [9.17, 15) is 9.59 Å². The first kappa shape index (κ1) is 18.3. The number of esters is 2. The zero-order chi connectivity index (χ0) is 17.4. The van der Waals surface area contributed by atoms with Gasteiger partial charge in [0, 0.05) is 5.75 Å². The van der Waals surface area contributed by atoms with Gasteiger partial charge in [0.15, 0.2) is 0 Å². The van der Waals surface area contributed by atoms with Gasteiger partial charge in [-0.2, -0.15) is 11.8 Å². The van der Waals surface area contributed by atoms with Gasteiger partial charge in [-0.05, 0) is 35.6 Å². The van der Waals surface area contributed by atoms with Crippen LogP contribution in [0, 0.1) is 5.92 Å². The van der Waals surface area contributed by atoms with Gasteiger partial charge in [0.05, 0.1) is 14.2 Å². The molecular formula is C19H22O4S. The summed E-state index contributed by atoms with van der Waals surface area (Å²) in [6, 6.07) is 10.0. The van der Waals surface area contributed by atoms with Gasteiger partial charge < -0.3 is 9.47 Å². The van der Waals surface area contributed by atoms with Crippen molar-refractivity contribution in [1.82, 2.24) is 0 Å². The fourth-order valence-electron chi connectivity index (χ4n) is 2.73. The van der Waals surface area contributed by atoms with Crippen molar-refractivity contribution in [3.63, 3.8) is 0 Å². The van der Waals surface area contributed by atoms with E-state index in [1.54, 1.807) is 0 Å². The minimum atomic E-state index is -0.610. The maximum Gasteiger partial charge on any atom is 0.345 e. The Morgan fingerprint density at radius 2 is 1.83 bits per heavy atom. The molecule has 1 saturated heterocycles. The second-order valence-corrected chi connectivity index (χ2v) is 6.60. The van der Waals surface area contributed by atoms with Crippen molar-refractivity contribution in [1.29, 1.82) is 0 Å². The van der Waals surface area contributed by atoms with E-state index in [4.69, 9.17) is 9.47 Å². The first-order valence-corrected chi connectivity index (χ1v) is 9.01. The Morgan fingerprint density at radius 1 is 1.17 bits per heavy atom. The Balaban J connectivity index is 2.22. The maximum atomic E-state index is 12.0. The van der Waals surface area contributed by atoms with Gasteiger partial charge in [-0.15, -0.1) is 0 Å². The Morgan fingerprint density at radius 3 is 2.46 bits per heavy atom. The summed E-state index contributed by atoms with van der Waals surface area (Å²) >= 11 is 1.84. The van der Waals surface area contributed by atoms with Crippen molar-refractivity contribution in [2.45, 2.75) is 12.8 Å². The molecule has 4 nitrogen and oxygen atoms in total. The third-order valence-corrected chi connectivity index (χ3v) is 5.09. The largest absolute Gasteiger partial charge is 0.465 e. The molecule has 0 radical (unpaired) electrons. The van der Waals surface area contributed by atoms with E-state index in [2.05, 4.69) is 12.2 Å². The topological polar surface area (TPSA) is 52.6 Å². The minimum absolute atomic E-state index is 0.0680. The average Bonchev–Trinajstić information content (AvgIpc) is 2.63. The number of carbonyl (C=O) groups excluding carboxylic acids is 2. The molecule has 0 N–H and O–H groups in total. The van der Waals surface area contributed by atoms with Gasteiger partial charge in [0.2, 0.25) is 0 Å². The van der Waals surface area contributed by atoms with Crippen molar-refractivity contribution in [2.75, 3.05) is 25.7 Å². The third kappa shape index (κ3) is 4.74. The number of methoxy groups -OCH3 is 2. The lowest BCUT2D eigenvalue weighted by Crippen LogP contribution is -2.24. The smallest absolute Gasteiger partial charge is 0.345 e. The third-order valence-electron chi connectivity index (χ3n) is 3.96. The van der Waals surface area contributed by atoms with Crippen molar-refractivity contribution >= 4 is 29.8 Å². The zero-order valence-electron chi connectivity index (χ0n) is 14.0. The van der Waals surface area contributed by atoms with Crippen molar-refractivity contribution in [2.24, 2.45) is 5.92 Å². The number of benzene rings is 1. The lowest BCUT2D eigenvalue weighted by Gasteiger charge is -2.25. The van der Waals surface area contributed by atoms with E-state index in [1.807, 2.05) is 42.1 Å². The highest BCUT2D eigenvalue weighted by molar-refractivity contribution is 7.99. The quantitative estimate of drug-likeness (QED) is 0.354. The van der Waals surface area contributed by atoms with Gasteiger partial charge >= 0.3 is 11.9 Å². The summed E-state index contributed by atoms with van der Waals surface area (Å²) in [6.45, 7) is 0. The molecule has 1 aromatic carbocycles. The van der Waals surface area contributed by atoms with Gasteiger partial charge in [-0.1, -0.05) is 42.5 Å². The van der Waals surface area contributed by atoms with Gasteiger partial charge in [-0.3, -0.25) is 0 Å². The lowest BCUT2D eigenvalue weighted by molar-refractivity contribution is -0.144. The zero-order valence-corrected chi connectivity index (χ0v) is 14.8. The number of allylic oxidation sites excluding steroid dienone is 2. The van der Waals surface area contributed by atoms with Gasteiger partial charge in [0.1, 0.15) is 5.57 Å². The van der Waals surface area contributed by atoms with Crippen LogP contribution in [0.25, 0.3) is 6.08 Å². The molecule has 1 heterocycles. The fourth-order valence-corrected chi connectivity index (χ4v) is 3.89. The van der Waals surface area contributed by atoms with Crippen molar-refractivity contribution in [3.8, 4) is 0 Å². The molecule has 1 aliphatic heterocycles. The van der Waals surface area contributed by atoms with Gasteiger partial charge in [0.25, 0.3) is 0 Å². The van der Waals surface area contributed by atoms with Crippen LogP contribution in [0.5, 0.6) is 0 Å². The predicted octanol–water partition coefficient (Wildman–Crippen LogP) is 3.49. The molecule has 1 fully saturated rings. The molecular weight excluding hydrogens is 324 g/mol. The van der Waals surface area contributed by atoms with E-state index in [0.29, 0.717) is 6.42 Å². The highest BCUT2D eigenvalue weighted by Crippen LogP contribution is 2.33. The highest BCUT2D eigenvalue weighted by Gasteiger charge is 2.30. The molecule has 0 bridgehead atoms. The second kappa shape index (κ2) is 9.33. The number of carbonyl (C=O) groups is 2. The normalized spacial score (nSPS) is 17.6. The Bertz CT molecular complexity index is 616. The molecule has 5 heteroatoms. The molecule has 0 unspecified atom stereocenters. The molecule has 1 aliphatic rings. The second-order valence-electron chi connectivity index (χ2n) is 5.45. The SMILES string of the molecule is COC(=O)C(C(=O)OC)=C1CCSC[C@H]1C/C=C/c1ccccc1. The van der Waals surface area contributed by atoms with E-state index in [0.717, 1.165) is 29.1 Å². The number of hydrogen-bond donors (Lipinski definition) is 0. The lowest BCUT2D eigenvalue weighted by atomic mass is 9.89.